The Kier molecular flexibility index (Phi) is 2.76. The van der Waals surface area contributed by atoms with Gasteiger partial charge in [-0.3, -0.25) is 0 Å². The first kappa shape index (κ1) is 12.7. The standard InChI is InChI=1S/C14H13N3O2S/c1-10-16-14-12(15)8-5-9-13(14)17(10)20(18,19)11-6-3-2-4-7-11/h2-9H,15H2,1H3. The van der Waals surface area contributed by atoms with Crippen molar-refractivity contribution in [2.45, 2.75) is 11.8 Å². The van der Waals surface area contributed by atoms with Gasteiger partial charge in [-0.1, -0.05) is 24.3 Å². The van der Waals surface area contributed by atoms with Crippen molar-refractivity contribution in [1.82, 2.24) is 8.96 Å². The van der Waals surface area contributed by atoms with E-state index >= 15 is 0 Å². The maximum atomic E-state index is 12.7. The van der Waals surface area contributed by atoms with E-state index in [4.69, 9.17) is 5.73 Å². The molecule has 2 aromatic carbocycles. The molecule has 1 aromatic heterocycles. The Hall–Kier alpha value is -2.34. The molecule has 0 radical (unpaired) electrons. The molecular formula is C14H13N3O2S. The third kappa shape index (κ3) is 1.77. The molecule has 0 saturated heterocycles. The summed E-state index contributed by atoms with van der Waals surface area (Å²) in [5.41, 5.74) is 7.31. The van der Waals surface area contributed by atoms with Gasteiger partial charge in [-0.2, -0.15) is 0 Å². The molecule has 102 valence electrons. The Morgan fingerprint density at radius 3 is 2.45 bits per heavy atom. The van der Waals surface area contributed by atoms with Gasteiger partial charge in [0, 0.05) is 0 Å². The van der Waals surface area contributed by atoms with Crippen LogP contribution in [0.5, 0.6) is 0 Å². The highest BCUT2D eigenvalue weighted by Crippen LogP contribution is 2.25. The molecular weight excluding hydrogens is 274 g/mol. The van der Waals surface area contributed by atoms with Crippen molar-refractivity contribution < 1.29 is 8.42 Å². The number of fused-ring (bicyclic) bond motifs is 1. The van der Waals surface area contributed by atoms with Crippen molar-refractivity contribution in [2.75, 3.05) is 5.73 Å². The number of hydrogen-bond donors (Lipinski definition) is 1. The smallest absolute Gasteiger partial charge is 0.269 e. The fourth-order valence-corrected chi connectivity index (χ4v) is 3.72. The van der Waals surface area contributed by atoms with Gasteiger partial charge in [0.05, 0.1) is 16.1 Å². The number of aryl methyl sites for hydroxylation is 1. The molecule has 5 nitrogen and oxygen atoms in total. The van der Waals surface area contributed by atoms with Gasteiger partial charge in [-0.05, 0) is 31.2 Å². The second-order valence-electron chi connectivity index (χ2n) is 4.46. The maximum Gasteiger partial charge on any atom is 0.269 e. The third-order valence-corrected chi connectivity index (χ3v) is 4.92. The lowest BCUT2D eigenvalue weighted by Crippen LogP contribution is -2.14. The number of nitrogens with two attached hydrogens (primary N) is 1. The Morgan fingerprint density at radius 1 is 1.05 bits per heavy atom. The number of hydrogen-bond acceptors (Lipinski definition) is 4. The highest BCUT2D eigenvalue weighted by molar-refractivity contribution is 7.90. The van der Waals surface area contributed by atoms with Crippen molar-refractivity contribution >= 4 is 26.7 Å². The molecule has 0 spiro atoms. The highest BCUT2D eigenvalue weighted by Gasteiger charge is 2.22. The molecule has 2 N–H and O–H groups in total. The summed E-state index contributed by atoms with van der Waals surface area (Å²) in [6.07, 6.45) is 0. The van der Waals surface area contributed by atoms with Crippen LogP contribution in [0.3, 0.4) is 0 Å². The van der Waals surface area contributed by atoms with E-state index < -0.39 is 10.0 Å². The van der Waals surface area contributed by atoms with E-state index in [1.165, 1.54) is 3.97 Å². The van der Waals surface area contributed by atoms with Gasteiger partial charge in [0.2, 0.25) is 0 Å². The predicted molar refractivity (Wildman–Crippen MR) is 77.9 cm³/mol. The van der Waals surface area contributed by atoms with E-state index in [-0.39, 0.29) is 4.90 Å². The first-order valence-corrected chi connectivity index (χ1v) is 7.50. The number of benzene rings is 2. The van der Waals surface area contributed by atoms with Gasteiger partial charge >= 0.3 is 0 Å². The number of rotatable bonds is 2. The first-order valence-electron chi connectivity index (χ1n) is 6.06. The fraction of sp³-hybridized carbons (Fsp3) is 0.0714. The number of para-hydroxylation sites is 1. The Bertz CT molecular complexity index is 883. The average Bonchev–Trinajstić information content (AvgIpc) is 2.78. The molecule has 3 aromatic rings. The summed E-state index contributed by atoms with van der Waals surface area (Å²) in [5, 5.41) is 0. The Balaban J connectivity index is 2.36. The van der Waals surface area contributed by atoms with Gasteiger partial charge in [-0.15, -0.1) is 0 Å². The monoisotopic (exact) mass is 287 g/mol. The fourth-order valence-electron chi connectivity index (χ4n) is 2.22. The molecule has 0 aliphatic carbocycles. The topological polar surface area (TPSA) is 78.0 Å². The van der Waals surface area contributed by atoms with Crippen LogP contribution in [0, 0.1) is 6.92 Å². The minimum atomic E-state index is -3.67. The lowest BCUT2D eigenvalue weighted by molar-refractivity contribution is 0.587. The Labute approximate surface area is 116 Å². The lowest BCUT2D eigenvalue weighted by Gasteiger charge is -2.08. The van der Waals surface area contributed by atoms with E-state index in [0.717, 1.165) is 0 Å². The quantitative estimate of drug-likeness (QED) is 0.733. The molecule has 0 unspecified atom stereocenters. The summed E-state index contributed by atoms with van der Waals surface area (Å²) in [7, 11) is -3.67. The summed E-state index contributed by atoms with van der Waals surface area (Å²) in [6.45, 7) is 1.65. The number of aromatic nitrogens is 2. The van der Waals surface area contributed by atoms with Crippen LogP contribution in [0.15, 0.2) is 53.4 Å². The third-order valence-electron chi connectivity index (χ3n) is 3.11. The second kappa shape index (κ2) is 4.35. The van der Waals surface area contributed by atoms with Crippen molar-refractivity contribution in [1.29, 1.82) is 0 Å². The summed E-state index contributed by atoms with van der Waals surface area (Å²) < 4.78 is 26.7. The number of nitrogen functional groups attached to an aromatic ring is 1. The van der Waals surface area contributed by atoms with E-state index in [1.807, 2.05) is 0 Å². The number of nitrogens with zero attached hydrogens (tertiary/aromatic N) is 2. The van der Waals surface area contributed by atoms with Crippen LogP contribution >= 0.6 is 0 Å². The molecule has 0 saturated carbocycles. The van der Waals surface area contributed by atoms with E-state index in [1.54, 1.807) is 55.5 Å². The number of anilines is 1. The first-order chi connectivity index (χ1) is 9.51. The van der Waals surface area contributed by atoms with Gasteiger partial charge in [0.25, 0.3) is 10.0 Å². The SMILES string of the molecule is Cc1nc2c(N)cccc2n1S(=O)(=O)c1ccccc1. The lowest BCUT2D eigenvalue weighted by atomic mass is 10.3. The number of imidazole rings is 1. The highest BCUT2D eigenvalue weighted by atomic mass is 32.2. The molecule has 0 aliphatic rings. The van der Waals surface area contributed by atoms with Gasteiger partial charge in [0.1, 0.15) is 11.3 Å². The van der Waals surface area contributed by atoms with Crippen LogP contribution < -0.4 is 5.73 Å². The largest absolute Gasteiger partial charge is 0.397 e. The van der Waals surface area contributed by atoms with Gasteiger partial charge in [0.15, 0.2) is 0 Å². The summed E-state index contributed by atoms with van der Waals surface area (Å²) in [6, 6.07) is 13.4. The molecule has 1 heterocycles. The van der Waals surface area contributed by atoms with Crippen LogP contribution in [0.25, 0.3) is 11.0 Å². The zero-order chi connectivity index (χ0) is 14.3. The molecule has 0 atom stereocenters. The molecule has 0 fully saturated rings. The van der Waals surface area contributed by atoms with Crippen LogP contribution in [0.1, 0.15) is 5.82 Å². The van der Waals surface area contributed by atoms with Crippen LogP contribution in [-0.2, 0) is 10.0 Å². The maximum absolute atomic E-state index is 12.7. The zero-order valence-corrected chi connectivity index (χ0v) is 11.6. The minimum Gasteiger partial charge on any atom is -0.397 e. The van der Waals surface area contributed by atoms with Crippen LogP contribution in [-0.4, -0.2) is 17.4 Å². The molecule has 0 aliphatic heterocycles. The minimum absolute atomic E-state index is 0.227. The van der Waals surface area contributed by atoms with Crippen molar-refractivity contribution in [3.8, 4) is 0 Å². The van der Waals surface area contributed by atoms with Crippen molar-refractivity contribution in [3.05, 3.63) is 54.4 Å². The summed E-state index contributed by atoms with van der Waals surface area (Å²) in [5.74, 6) is 0.391. The van der Waals surface area contributed by atoms with Gasteiger partial charge < -0.3 is 5.73 Å². The molecule has 0 amide bonds. The average molecular weight is 287 g/mol. The van der Waals surface area contributed by atoms with Crippen molar-refractivity contribution in [3.63, 3.8) is 0 Å². The van der Waals surface area contributed by atoms with Crippen LogP contribution in [0.2, 0.25) is 0 Å². The molecule has 20 heavy (non-hydrogen) atoms. The summed E-state index contributed by atoms with van der Waals surface area (Å²) in [4.78, 5) is 4.49. The summed E-state index contributed by atoms with van der Waals surface area (Å²) >= 11 is 0. The molecule has 6 heteroatoms. The normalized spacial score (nSPS) is 11.8. The second-order valence-corrected chi connectivity index (χ2v) is 6.24. The molecule has 3 rings (SSSR count). The zero-order valence-electron chi connectivity index (χ0n) is 10.8. The van der Waals surface area contributed by atoms with E-state index in [9.17, 15) is 8.42 Å². The Morgan fingerprint density at radius 2 is 1.75 bits per heavy atom. The van der Waals surface area contributed by atoms with E-state index in [2.05, 4.69) is 4.98 Å². The van der Waals surface area contributed by atoms with Crippen molar-refractivity contribution in [2.24, 2.45) is 0 Å². The predicted octanol–water partition coefficient (Wildman–Crippen LogP) is 2.16. The van der Waals surface area contributed by atoms with Gasteiger partial charge in [-0.25, -0.2) is 17.4 Å². The van der Waals surface area contributed by atoms with Crippen LogP contribution in [0.4, 0.5) is 5.69 Å². The molecule has 0 bridgehead atoms. The van der Waals surface area contributed by atoms with E-state index in [0.29, 0.717) is 22.5 Å².